The molecule has 0 bridgehead atoms. The van der Waals surface area contributed by atoms with Crippen LogP contribution in [0.3, 0.4) is 0 Å². The molecule has 0 radical (unpaired) electrons. The second-order valence-corrected chi connectivity index (χ2v) is 8.98. The standard InChI is InChI=1S/C26H20BrClN2O5/c1-15-21(28)4-3-5-22(15)30-25(32)20(24(31)29-26(30)33)12-17-8-11-19(34-2)13-23(17)35-14-16-6-9-18(27)10-7-16/h3-13H,14H2,1-2H3,(H,29,31,33)/b20-12+. The second kappa shape index (κ2) is 10.3. The molecule has 35 heavy (non-hydrogen) atoms. The normalized spacial score (nSPS) is 14.8. The number of urea groups is 1. The van der Waals surface area contributed by atoms with E-state index in [1.165, 1.54) is 13.2 Å². The number of carbonyl (C=O) groups excluding carboxylic acids is 3. The first-order valence-electron chi connectivity index (χ1n) is 10.5. The van der Waals surface area contributed by atoms with Crippen LogP contribution < -0.4 is 19.7 Å². The lowest BCUT2D eigenvalue weighted by atomic mass is 10.0. The molecule has 9 heteroatoms. The van der Waals surface area contributed by atoms with Crippen LogP contribution in [0.4, 0.5) is 10.5 Å². The molecule has 1 fully saturated rings. The van der Waals surface area contributed by atoms with Crippen molar-refractivity contribution in [3.05, 3.63) is 92.4 Å². The van der Waals surface area contributed by atoms with Gasteiger partial charge in [-0.05, 0) is 60.5 Å². The fourth-order valence-electron chi connectivity index (χ4n) is 3.50. The smallest absolute Gasteiger partial charge is 0.335 e. The molecule has 1 saturated heterocycles. The number of amides is 4. The number of anilines is 1. The van der Waals surface area contributed by atoms with Crippen LogP contribution in [0.15, 0.2) is 70.7 Å². The summed E-state index contributed by atoms with van der Waals surface area (Å²) in [6.07, 6.45) is 1.40. The SMILES string of the molecule is COc1ccc(/C=C2\C(=O)NC(=O)N(c3cccc(Cl)c3C)C2=O)c(OCc2ccc(Br)cc2)c1. The lowest BCUT2D eigenvalue weighted by Gasteiger charge is -2.28. The predicted octanol–water partition coefficient (Wildman–Crippen LogP) is 5.66. The molecule has 0 saturated carbocycles. The molecule has 1 heterocycles. The Hall–Kier alpha value is -3.62. The molecule has 3 aromatic carbocycles. The van der Waals surface area contributed by atoms with E-state index in [1.54, 1.807) is 43.3 Å². The highest BCUT2D eigenvalue weighted by atomic mass is 79.9. The molecule has 1 N–H and O–H groups in total. The van der Waals surface area contributed by atoms with E-state index in [0.717, 1.165) is 14.9 Å². The monoisotopic (exact) mass is 554 g/mol. The second-order valence-electron chi connectivity index (χ2n) is 7.66. The Labute approximate surface area is 215 Å². The summed E-state index contributed by atoms with van der Waals surface area (Å²) in [4.78, 5) is 39.4. The Morgan fingerprint density at radius 3 is 2.51 bits per heavy atom. The number of halogens is 2. The maximum atomic E-state index is 13.3. The number of barbiturate groups is 1. The molecule has 4 amide bonds. The van der Waals surface area contributed by atoms with Gasteiger partial charge in [0.25, 0.3) is 11.8 Å². The van der Waals surface area contributed by atoms with Crippen molar-refractivity contribution in [1.82, 2.24) is 5.32 Å². The minimum absolute atomic E-state index is 0.220. The summed E-state index contributed by atoms with van der Waals surface area (Å²) in [7, 11) is 1.53. The molecule has 0 aliphatic carbocycles. The minimum Gasteiger partial charge on any atom is -0.497 e. The summed E-state index contributed by atoms with van der Waals surface area (Å²) in [6.45, 7) is 1.94. The number of imide groups is 2. The van der Waals surface area contributed by atoms with Gasteiger partial charge >= 0.3 is 6.03 Å². The van der Waals surface area contributed by atoms with E-state index in [1.807, 2.05) is 24.3 Å². The zero-order valence-electron chi connectivity index (χ0n) is 18.8. The average Bonchev–Trinajstić information content (AvgIpc) is 2.84. The van der Waals surface area contributed by atoms with E-state index in [9.17, 15) is 14.4 Å². The number of methoxy groups -OCH3 is 1. The van der Waals surface area contributed by atoms with E-state index in [-0.39, 0.29) is 12.2 Å². The van der Waals surface area contributed by atoms with Gasteiger partial charge in [-0.2, -0.15) is 0 Å². The summed E-state index contributed by atoms with van der Waals surface area (Å²) in [5.41, 5.74) is 2.00. The Morgan fingerprint density at radius 1 is 1.06 bits per heavy atom. The summed E-state index contributed by atoms with van der Waals surface area (Å²) in [5.74, 6) is -0.615. The Balaban J connectivity index is 1.70. The lowest BCUT2D eigenvalue weighted by molar-refractivity contribution is -0.122. The highest BCUT2D eigenvalue weighted by Crippen LogP contribution is 2.32. The topological polar surface area (TPSA) is 84.9 Å². The van der Waals surface area contributed by atoms with Crippen LogP contribution in [0, 0.1) is 6.92 Å². The molecule has 178 valence electrons. The third-order valence-electron chi connectivity index (χ3n) is 5.41. The van der Waals surface area contributed by atoms with Crippen molar-refractivity contribution in [1.29, 1.82) is 0 Å². The Bertz CT molecular complexity index is 1350. The lowest BCUT2D eigenvalue weighted by Crippen LogP contribution is -2.54. The van der Waals surface area contributed by atoms with Crippen LogP contribution in [0.5, 0.6) is 11.5 Å². The van der Waals surface area contributed by atoms with E-state index >= 15 is 0 Å². The molecule has 1 aliphatic heterocycles. The summed E-state index contributed by atoms with van der Waals surface area (Å²) in [5, 5.41) is 2.62. The van der Waals surface area contributed by atoms with Gasteiger partial charge in [-0.15, -0.1) is 0 Å². The van der Waals surface area contributed by atoms with E-state index in [4.69, 9.17) is 21.1 Å². The fraction of sp³-hybridized carbons (Fsp3) is 0.115. The molecule has 0 unspecified atom stereocenters. The van der Waals surface area contributed by atoms with Gasteiger partial charge < -0.3 is 9.47 Å². The van der Waals surface area contributed by atoms with Crippen molar-refractivity contribution in [3.63, 3.8) is 0 Å². The van der Waals surface area contributed by atoms with Gasteiger partial charge in [-0.25, -0.2) is 9.69 Å². The largest absolute Gasteiger partial charge is 0.497 e. The fourth-order valence-corrected chi connectivity index (χ4v) is 3.93. The predicted molar refractivity (Wildman–Crippen MR) is 137 cm³/mol. The number of nitrogens with zero attached hydrogens (tertiary/aromatic N) is 1. The molecular formula is C26H20BrClN2O5. The van der Waals surface area contributed by atoms with Crippen LogP contribution in [0.1, 0.15) is 16.7 Å². The van der Waals surface area contributed by atoms with Crippen molar-refractivity contribution < 1.29 is 23.9 Å². The number of ether oxygens (including phenoxy) is 2. The number of rotatable bonds is 6. The van der Waals surface area contributed by atoms with Gasteiger partial charge in [0.15, 0.2) is 0 Å². The summed E-state index contributed by atoms with van der Waals surface area (Å²) >= 11 is 9.59. The molecular weight excluding hydrogens is 536 g/mol. The van der Waals surface area contributed by atoms with Crippen LogP contribution in [-0.2, 0) is 16.2 Å². The first-order valence-corrected chi connectivity index (χ1v) is 11.7. The molecule has 0 atom stereocenters. The third kappa shape index (κ3) is 5.23. The number of nitrogens with one attached hydrogen (secondary N) is 1. The van der Waals surface area contributed by atoms with Crippen LogP contribution in [-0.4, -0.2) is 25.0 Å². The van der Waals surface area contributed by atoms with Crippen LogP contribution in [0.2, 0.25) is 5.02 Å². The number of hydrogen-bond acceptors (Lipinski definition) is 5. The van der Waals surface area contributed by atoms with Crippen molar-refractivity contribution in [2.24, 2.45) is 0 Å². The van der Waals surface area contributed by atoms with E-state index in [2.05, 4.69) is 21.2 Å². The maximum absolute atomic E-state index is 13.3. The van der Waals surface area contributed by atoms with E-state index < -0.39 is 17.8 Å². The van der Waals surface area contributed by atoms with Gasteiger partial charge in [0, 0.05) is 21.1 Å². The third-order valence-corrected chi connectivity index (χ3v) is 6.35. The van der Waals surface area contributed by atoms with Crippen LogP contribution >= 0.6 is 27.5 Å². The average molecular weight is 556 g/mol. The van der Waals surface area contributed by atoms with Crippen molar-refractivity contribution in [2.75, 3.05) is 12.0 Å². The molecule has 4 rings (SSSR count). The highest BCUT2D eigenvalue weighted by Gasteiger charge is 2.37. The quantitative estimate of drug-likeness (QED) is 0.313. The van der Waals surface area contributed by atoms with Gasteiger partial charge in [0.2, 0.25) is 0 Å². The maximum Gasteiger partial charge on any atom is 0.335 e. The van der Waals surface area contributed by atoms with Gasteiger partial charge in [-0.3, -0.25) is 14.9 Å². The zero-order chi connectivity index (χ0) is 25.1. The number of hydrogen-bond donors (Lipinski definition) is 1. The first kappa shape index (κ1) is 24.5. The number of benzene rings is 3. The first-order chi connectivity index (χ1) is 16.8. The van der Waals surface area contributed by atoms with E-state index in [0.29, 0.717) is 33.3 Å². The molecule has 0 spiro atoms. The van der Waals surface area contributed by atoms with Crippen molar-refractivity contribution in [3.8, 4) is 11.5 Å². The zero-order valence-corrected chi connectivity index (χ0v) is 21.1. The summed E-state index contributed by atoms with van der Waals surface area (Å²) in [6, 6.07) is 16.7. The van der Waals surface area contributed by atoms with Gasteiger partial charge in [-0.1, -0.05) is 45.7 Å². The van der Waals surface area contributed by atoms with Gasteiger partial charge in [0.05, 0.1) is 12.8 Å². The van der Waals surface area contributed by atoms with Crippen molar-refractivity contribution >= 4 is 57.1 Å². The molecule has 1 aliphatic rings. The summed E-state index contributed by atoms with van der Waals surface area (Å²) < 4.78 is 12.3. The van der Waals surface area contributed by atoms with Crippen molar-refractivity contribution in [2.45, 2.75) is 13.5 Å². The molecule has 3 aromatic rings. The Kier molecular flexibility index (Phi) is 7.23. The minimum atomic E-state index is -0.844. The van der Waals surface area contributed by atoms with Crippen LogP contribution in [0.25, 0.3) is 6.08 Å². The molecule has 0 aromatic heterocycles. The molecule has 7 nitrogen and oxygen atoms in total. The highest BCUT2D eigenvalue weighted by molar-refractivity contribution is 9.10. The van der Waals surface area contributed by atoms with Gasteiger partial charge in [0.1, 0.15) is 23.7 Å². The Morgan fingerprint density at radius 2 is 1.80 bits per heavy atom. The number of carbonyl (C=O) groups is 3.